The Morgan fingerprint density at radius 2 is 1.70 bits per heavy atom. The zero-order chi connectivity index (χ0) is 20.1. The third-order valence-corrected chi connectivity index (χ3v) is 3.62. The molecule has 0 aliphatic rings. The monoisotopic (exact) mass is 403 g/mol. The highest BCUT2D eigenvalue weighted by atomic mass is 32.2. The second-order valence-corrected chi connectivity index (χ2v) is 7.00. The molecule has 0 aromatic heterocycles. The van der Waals surface area contributed by atoms with Crippen molar-refractivity contribution in [3.63, 3.8) is 0 Å². The first-order chi connectivity index (χ1) is 12.6. The van der Waals surface area contributed by atoms with Gasteiger partial charge in [-0.3, -0.25) is 4.28 Å². The Bertz CT molecular complexity index is 881. The molecule has 0 saturated carbocycles. The minimum absolute atomic E-state index is 0.215. The third kappa shape index (κ3) is 6.26. The molecule has 10 heteroatoms. The predicted octanol–water partition coefficient (Wildman–Crippen LogP) is 3.04. The molecule has 0 amide bonds. The van der Waals surface area contributed by atoms with E-state index in [4.69, 9.17) is 4.74 Å². The average molecular weight is 403 g/mol. The quantitative estimate of drug-likeness (QED) is 0.567. The summed E-state index contributed by atoms with van der Waals surface area (Å²) in [7, 11) is -4.19. The molecule has 0 fully saturated rings. The maximum atomic E-state index is 13.1. The van der Waals surface area contributed by atoms with Crippen molar-refractivity contribution in [3.8, 4) is 5.75 Å². The molecule has 0 radical (unpaired) electrons. The van der Waals surface area contributed by atoms with Crippen LogP contribution >= 0.6 is 0 Å². The summed E-state index contributed by atoms with van der Waals surface area (Å²) in [4.78, 5) is 0. The van der Waals surface area contributed by atoms with Gasteiger partial charge in [0, 0.05) is 5.56 Å². The van der Waals surface area contributed by atoms with Crippen LogP contribution in [-0.4, -0.2) is 38.3 Å². The molecule has 0 heterocycles. The Morgan fingerprint density at radius 1 is 1.11 bits per heavy atom. The van der Waals surface area contributed by atoms with Crippen LogP contribution in [0.25, 0.3) is 0 Å². The number of oxime groups is 1. The minimum atomic E-state index is -4.93. The summed E-state index contributed by atoms with van der Waals surface area (Å²) >= 11 is 0. The van der Waals surface area contributed by atoms with E-state index in [0.29, 0.717) is 11.8 Å². The lowest BCUT2D eigenvalue weighted by Gasteiger charge is -2.17. The van der Waals surface area contributed by atoms with E-state index >= 15 is 0 Å². The number of halogens is 3. The van der Waals surface area contributed by atoms with Gasteiger partial charge in [0.25, 0.3) is 0 Å². The smallest absolute Gasteiger partial charge is 0.437 e. The van der Waals surface area contributed by atoms with E-state index in [0.717, 1.165) is 12.1 Å². The molecule has 0 bridgehead atoms. The summed E-state index contributed by atoms with van der Waals surface area (Å²) in [5.41, 5.74) is -1.21. The number of aliphatic hydroxyl groups excluding tert-OH is 1. The largest absolute Gasteiger partial charge is 0.483 e. The van der Waals surface area contributed by atoms with Crippen molar-refractivity contribution < 1.29 is 35.7 Å². The van der Waals surface area contributed by atoms with Crippen LogP contribution in [0.2, 0.25) is 0 Å². The van der Waals surface area contributed by atoms with E-state index in [1.165, 1.54) is 12.1 Å². The maximum Gasteiger partial charge on any atom is 0.437 e. The number of alkyl halides is 3. The van der Waals surface area contributed by atoms with Gasteiger partial charge in [0.2, 0.25) is 0 Å². The SMILES string of the molecule is CS(=O)(=O)ON=C(c1ccc(OC(CO)c2ccccc2)cc1)C(F)(F)F. The van der Waals surface area contributed by atoms with Crippen molar-refractivity contribution in [3.05, 3.63) is 65.7 Å². The van der Waals surface area contributed by atoms with Crippen LogP contribution in [0.5, 0.6) is 5.75 Å². The first-order valence-electron chi connectivity index (χ1n) is 7.57. The second kappa shape index (κ2) is 8.40. The van der Waals surface area contributed by atoms with E-state index in [9.17, 15) is 26.7 Å². The number of hydrogen-bond donors (Lipinski definition) is 1. The summed E-state index contributed by atoms with van der Waals surface area (Å²) in [6.07, 6.45) is -5.04. The van der Waals surface area contributed by atoms with Gasteiger partial charge in [0.05, 0.1) is 12.9 Å². The van der Waals surface area contributed by atoms with Crippen LogP contribution in [0.3, 0.4) is 0 Å². The van der Waals surface area contributed by atoms with Gasteiger partial charge >= 0.3 is 16.3 Å². The van der Waals surface area contributed by atoms with E-state index in [-0.39, 0.29) is 12.4 Å². The molecule has 0 aliphatic heterocycles. The summed E-state index contributed by atoms with van der Waals surface area (Å²) in [5, 5.41) is 12.2. The first-order valence-corrected chi connectivity index (χ1v) is 9.38. The van der Waals surface area contributed by atoms with Gasteiger partial charge in [-0.2, -0.15) is 21.6 Å². The lowest BCUT2D eigenvalue weighted by molar-refractivity contribution is -0.0596. The van der Waals surface area contributed by atoms with Gasteiger partial charge in [-0.05, 0) is 29.8 Å². The zero-order valence-corrected chi connectivity index (χ0v) is 14.9. The summed E-state index contributed by atoms with van der Waals surface area (Å²) < 4.78 is 70.6. The third-order valence-electron chi connectivity index (χ3n) is 3.28. The van der Waals surface area contributed by atoms with Gasteiger partial charge in [0.1, 0.15) is 11.9 Å². The zero-order valence-electron chi connectivity index (χ0n) is 14.1. The molecular weight excluding hydrogens is 387 g/mol. The molecule has 2 aromatic carbocycles. The van der Waals surface area contributed by atoms with Crippen molar-refractivity contribution in [1.29, 1.82) is 0 Å². The van der Waals surface area contributed by atoms with Gasteiger partial charge < -0.3 is 9.84 Å². The molecule has 0 saturated heterocycles. The predicted molar refractivity (Wildman–Crippen MR) is 91.9 cm³/mol. The highest BCUT2D eigenvalue weighted by Gasteiger charge is 2.38. The van der Waals surface area contributed by atoms with Gasteiger partial charge in [-0.1, -0.05) is 35.5 Å². The number of nitrogens with zero attached hydrogens (tertiary/aromatic N) is 1. The molecule has 0 aliphatic carbocycles. The van der Waals surface area contributed by atoms with Crippen LogP contribution in [0.4, 0.5) is 13.2 Å². The topological polar surface area (TPSA) is 85.2 Å². The molecule has 1 N–H and O–H groups in total. The van der Waals surface area contributed by atoms with Crippen molar-refractivity contribution >= 4 is 15.8 Å². The number of benzene rings is 2. The molecule has 1 atom stereocenters. The Balaban J connectivity index is 2.24. The molecule has 0 spiro atoms. The lowest BCUT2D eigenvalue weighted by Crippen LogP contribution is -2.25. The Morgan fingerprint density at radius 3 is 2.19 bits per heavy atom. The number of aliphatic hydroxyl groups is 1. The summed E-state index contributed by atoms with van der Waals surface area (Å²) in [5.74, 6) is 0.215. The van der Waals surface area contributed by atoms with Crippen LogP contribution in [0, 0.1) is 0 Å². The van der Waals surface area contributed by atoms with Gasteiger partial charge in [0.15, 0.2) is 5.71 Å². The minimum Gasteiger partial charge on any atom is -0.483 e. The van der Waals surface area contributed by atoms with Crippen molar-refractivity contribution in [2.75, 3.05) is 12.9 Å². The average Bonchev–Trinajstić information content (AvgIpc) is 2.59. The van der Waals surface area contributed by atoms with Crippen LogP contribution in [0.15, 0.2) is 59.8 Å². The fraction of sp³-hybridized carbons (Fsp3) is 0.235. The number of rotatable bonds is 7. The summed E-state index contributed by atoms with van der Waals surface area (Å²) in [6.45, 7) is -0.330. The normalized spacial score (nSPS) is 13.9. The van der Waals surface area contributed by atoms with Crippen molar-refractivity contribution in [2.45, 2.75) is 12.3 Å². The second-order valence-electron chi connectivity index (χ2n) is 5.44. The maximum absolute atomic E-state index is 13.1. The van der Waals surface area contributed by atoms with Crippen molar-refractivity contribution in [1.82, 2.24) is 0 Å². The van der Waals surface area contributed by atoms with Crippen LogP contribution in [0.1, 0.15) is 17.2 Å². The van der Waals surface area contributed by atoms with E-state index < -0.39 is 33.7 Å². The Labute approximate surface area is 154 Å². The van der Waals surface area contributed by atoms with Gasteiger partial charge in [-0.15, -0.1) is 0 Å². The molecule has 27 heavy (non-hydrogen) atoms. The number of ether oxygens (including phenoxy) is 1. The summed E-state index contributed by atoms with van der Waals surface area (Å²) in [6, 6.07) is 13.4. The van der Waals surface area contributed by atoms with E-state index in [1.54, 1.807) is 30.3 Å². The Hall–Kier alpha value is -2.59. The van der Waals surface area contributed by atoms with Crippen molar-refractivity contribution in [2.24, 2.45) is 5.16 Å². The first kappa shape index (κ1) is 20.7. The highest BCUT2D eigenvalue weighted by molar-refractivity contribution is 7.85. The molecule has 6 nitrogen and oxygen atoms in total. The lowest BCUT2D eigenvalue weighted by atomic mass is 10.1. The molecular formula is C17H16F3NO5S. The molecule has 2 rings (SSSR count). The standard InChI is InChI=1S/C17H16F3NO5S/c1-27(23,24)26-21-16(17(18,19)20)13-7-9-14(10-8-13)25-15(11-22)12-5-3-2-4-6-12/h2-10,15,22H,11H2,1H3. The van der Waals surface area contributed by atoms with Crippen LogP contribution < -0.4 is 4.74 Å². The highest BCUT2D eigenvalue weighted by Crippen LogP contribution is 2.26. The van der Waals surface area contributed by atoms with Crippen LogP contribution in [-0.2, 0) is 14.4 Å². The Kier molecular flexibility index (Phi) is 6.45. The molecule has 1 unspecified atom stereocenters. The number of hydrogen-bond acceptors (Lipinski definition) is 6. The fourth-order valence-electron chi connectivity index (χ4n) is 2.11. The fourth-order valence-corrected chi connectivity index (χ4v) is 2.32. The molecule has 146 valence electrons. The van der Waals surface area contributed by atoms with E-state index in [2.05, 4.69) is 9.44 Å². The van der Waals surface area contributed by atoms with E-state index in [1.807, 2.05) is 0 Å². The van der Waals surface area contributed by atoms with Gasteiger partial charge in [-0.25, -0.2) is 0 Å². The molecule has 2 aromatic rings.